The highest BCUT2D eigenvalue weighted by Gasteiger charge is 2.16. The van der Waals surface area contributed by atoms with E-state index in [-0.39, 0.29) is 28.3 Å². The van der Waals surface area contributed by atoms with Crippen molar-refractivity contribution >= 4 is 28.9 Å². The van der Waals surface area contributed by atoms with Gasteiger partial charge < -0.3 is 14.6 Å². The molecule has 9 heteroatoms. The molecular formula is C15H13N3O4S2. The lowest BCUT2D eigenvalue weighted by molar-refractivity contribution is 0.102. The lowest BCUT2D eigenvalue weighted by Gasteiger charge is -2.01. The van der Waals surface area contributed by atoms with Crippen LogP contribution in [0, 0.1) is 13.8 Å². The van der Waals surface area contributed by atoms with Crippen LogP contribution in [0.15, 0.2) is 27.8 Å². The molecule has 3 rings (SSSR count). The molecular weight excluding hydrogens is 350 g/mol. The third kappa shape index (κ3) is 3.41. The van der Waals surface area contributed by atoms with Crippen LogP contribution in [0.1, 0.15) is 21.1 Å². The monoisotopic (exact) mass is 363 g/mol. The van der Waals surface area contributed by atoms with E-state index >= 15 is 0 Å². The summed E-state index contributed by atoms with van der Waals surface area (Å²) in [5.74, 6) is -0.361. The predicted molar refractivity (Wildman–Crippen MR) is 89.7 cm³/mol. The van der Waals surface area contributed by atoms with Crippen molar-refractivity contribution in [1.82, 2.24) is 15.2 Å². The van der Waals surface area contributed by atoms with E-state index in [1.807, 2.05) is 13.8 Å². The van der Waals surface area contributed by atoms with Gasteiger partial charge in [-0.05, 0) is 32.0 Å². The molecule has 0 atom stereocenters. The van der Waals surface area contributed by atoms with E-state index in [9.17, 15) is 15.0 Å². The first-order valence-corrected chi connectivity index (χ1v) is 8.70. The Balaban J connectivity index is 1.68. The minimum atomic E-state index is -0.332. The Hall–Kier alpha value is -2.39. The Morgan fingerprint density at radius 3 is 2.71 bits per heavy atom. The molecule has 0 spiro atoms. The van der Waals surface area contributed by atoms with Crippen molar-refractivity contribution in [3.63, 3.8) is 0 Å². The molecule has 0 amide bonds. The molecule has 2 N–H and O–H groups in total. The van der Waals surface area contributed by atoms with Crippen LogP contribution in [0.3, 0.4) is 0 Å². The molecule has 2 heterocycles. The van der Waals surface area contributed by atoms with E-state index in [4.69, 9.17) is 4.42 Å². The second-order valence-electron chi connectivity index (χ2n) is 4.94. The number of nitrogens with zero attached hydrogens (tertiary/aromatic N) is 3. The largest absolute Gasteiger partial charge is 0.504 e. The molecule has 1 aromatic carbocycles. The van der Waals surface area contributed by atoms with E-state index in [2.05, 4.69) is 15.2 Å². The highest BCUT2D eigenvalue weighted by molar-refractivity contribution is 7.99. The maximum Gasteiger partial charge on any atom is 0.277 e. The van der Waals surface area contributed by atoms with Gasteiger partial charge in [-0.25, -0.2) is 4.98 Å². The molecule has 2 aromatic heterocycles. The number of aromatic hydroxyl groups is 2. The number of carbonyl (C=O) groups is 1. The summed E-state index contributed by atoms with van der Waals surface area (Å²) < 4.78 is 5.56. The Labute approximate surface area is 145 Å². The van der Waals surface area contributed by atoms with Crippen LogP contribution in [-0.2, 0) is 0 Å². The van der Waals surface area contributed by atoms with E-state index in [0.29, 0.717) is 11.5 Å². The molecule has 0 aliphatic heterocycles. The lowest BCUT2D eigenvalue weighted by atomic mass is 10.1. The summed E-state index contributed by atoms with van der Waals surface area (Å²) in [5, 5.41) is 27.8. The maximum atomic E-state index is 12.1. The number of aryl methyl sites for hydroxylation is 2. The van der Waals surface area contributed by atoms with Crippen molar-refractivity contribution in [2.75, 3.05) is 5.75 Å². The van der Waals surface area contributed by atoms with Gasteiger partial charge in [-0.3, -0.25) is 4.79 Å². The first kappa shape index (κ1) is 16.5. The van der Waals surface area contributed by atoms with Crippen LogP contribution in [0.2, 0.25) is 0 Å². The summed E-state index contributed by atoms with van der Waals surface area (Å²) in [6.45, 7) is 3.77. The number of rotatable bonds is 5. The Morgan fingerprint density at radius 2 is 2.04 bits per heavy atom. The van der Waals surface area contributed by atoms with Crippen molar-refractivity contribution in [2.24, 2.45) is 0 Å². The number of aromatic nitrogens is 3. The molecule has 0 aliphatic rings. The standard InChI is InChI=1S/C15H13N3O4S2/c1-7-13(24-8(2)16-7)14-17-18-15(22-14)23-6-12(21)9-3-4-10(19)11(20)5-9/h3-5,19-20H,6H2,1-2H3. The molecule has 24 heavy (non-hydrogen) atoms. The van der Waals surface area contributed by atoms with Crippen LogP contribution in [-0.4, -0.2) is 36.9 Å². The molecule has 0 bridgehead atoms. The minimum absolute atomic E-state index is 0.0759. The van der Waals surface area contributed by atoms with Gasteiger partial charge in [-0.2, -0.15) is 0 Å². The average Bonchev–Trinajstić information content (AvgIpc) is 3.13. The number of carbonyl (C=O) groups excluding carboxylic acids is 1. The van der Waals surface area contributed by atoms with Crippen molar-refractivity contribution in [3.05, 3.63) is 34.5 Å². The van der Waals surface area contributed by atoms with Crippen molar-refractivity contribution < 1.29 is 19.4 Å². The Kier molecular flexibility index (Phi) is 4.54. The van der Waals surface area contributed by atoms with Gasteiger partial charge in [0, 0.05) is 5.56 Å². The molecule has 0 unspecified atom stereocenters. The number of thioether (sulfide) groups is 1. The molecule has 0 saturated carbocycles. The number of ketones is 1. The lowest BCUT2D eigenvalue weighted by Crippen LogP contribution is -2.01. The first-order chi connectivity index (χ1) is 11.4. The Morgan fingerprint density at radius 1 is 1.25 bits per heavy atom. The number of benzene rings is 1. The third-order valence-corrected chi connectivity index (χ3v) is 5.01. The fraction of sp³-hybridized carbons (Fsp3) is 0.200. The van der Waals surface area contributed by atoms with Gasteiger partial charge in [0.15, 0.2) is 17.3 Å². The van der Waals surface area contributed by atoms with Crippen molar-refractivity contribution in [3.8, 4) is 22.3 Å². The van der Waals surface area contributed by atoms with E-state index in [0.717, 1.165) is 27.3 Å². The molecule has 3 aromatic rings. The highest BCUT2D eigenvalue weighted by Crippen LogP contribution is 2.31. The molecule has 0 aliphatic carbocycles. The van der Waals surface area contributed by atoms with Crippen molar-refractivity contribution in [2.45, 2.75) is 19.1 Å². The molecule has 124 valence electrons. The number of hydrogen-bond donors (Lipinski definition) is 2. The van der Waals surface area contributed by atoms with Gasteiger partial charge in [-0.15, -0.1) is 21.5 Å². The van der Waals surface area contributed by atoms with Crippen LogP contribution in [0.5, 0.6) is 11.5 Å². The van der Waals surface area contributed by atoms with Gasteiger partial charge >= 0.3 is 0 Å². The normalized spacial score (nSPS) is 10.9. The summed E-state index contributed by atoms with van der Waals surface area (Å²) >= 11 is 2.58. The summed E-state index contributed by atoms with van der Waals surface area (Å²) in [7, 11) is 0. The van der Waals surface area contributed by atoms with Crippen LogP contribution in [0.4, 0.5) is 0 Å². The minimum Gasteiger partial charge on any atom is -0.504 e. The number of thiazole rings is 1. The van der Waals surface area contributed by atoms with Gasteiger partial charge in [0.05, 0.1) is 16.5 Å². The number of hydrogen-bond acceptors (Lipinski definition) is 9. The van der Waals surface area contributed by atoms with Crippen molar-refractivity contribution in [1.29, 1.82) is 0 Å². The smallest absolute Gasteiger partial charge is 0.277 e. The highest BCUT2D eigenvalue weighted by atomic mass is 32.2. The molecule has 7 nitrogen and oxygen atoms in total. The summed E-state index contributed by atoms with van der Waals surface area (Å²) in [6, 6.07) is 3.94. The van der Waals surface area contributed by atoms with Gasteiger partial charge in [-0.1, -0.05) is 11.8 Å². The van der Waals surface area contributed by atoms with Crippen LogP contribution in [0.25, 0.3) is 10.8 Å². The van der Waals surface area contributed by atoms with Gasteiger partial charge in [0.2, 0.25) is 0 Å². The fourth-order valence-corrected chi connectivity index (χ4v) is 3.50. The zero-order valence-electron chi connectivity index (χ0n) is 12.8. The zero-order chi connectivity index (χ0) is 17.3. The Bertz CT molecular complexity index is 904. The quantitative estimate of drug-likeness (QED) is 0.404. The summed E-state index contributed by atoms with van der Waals surface area (Å²) in [6.07, 6.45) is 0. The second-order valence-corrected chi connectivity index (χ2v) is 7.07. The SMILES string of the molecule is Cc1nc(C)c(-c2nnc(SCC(=O)c3ccc(O)c(O)c3)o2)s1. The third-order valence-electron chi connectivity index (χ3n) is 3.13. The number of phenolic OH excluding ortho intramolecular Hbond substituents is 2. The second kappa shape index (κ2) is 6.62. The summed E-state index contributed by atoms with van der Waals surface area (Å²) in [4.78, 5) is 17.2. The van der Waals surface area contributed by atoms with E-state index < -0.39 is 0 Å². The van der Waals surface area contributed by atoms with E-state index in [1.54, 1.807) is 0 Å². The van der Waals surface area contributed by atoms with Crippen LogP contribution >= 0.6 is 23.1 Å². The predicted octanol–water partition coefficient (Wildman–Crippen LogP) is 3.20. The average molecular weight is 363 g/mol. The van der Waals surface area contributed by atoms with Gasteiger partial charge in [0.25, 0.3) is 11.1 Å². The molecule has 0 radical (unpaired) electrons. The van der Waals surface area contributed by atoms with Gasteiger partial charge in [0.1, 0.15) is 4.88 Å². The maximum absolute atomic E-state index is 12.1. The molecule has 0 fully saturated rings. The van der Waals surface area contributed by atoms with E-state index in [1.165, 1.54) is 29.5 Å². The summed E-state index contributed by atoms with van der Waals surface area (Å²) in [5.41, 5.74) is 1.12. The first-order valence-electron chi connectivity index (χ1n) is 6.90. The number of Topliss-reactive ketones (excluding diaryl/α,β-unsaturated/α-hetero) is 1. The fourth-order valence-electron chi connectivity index (χ4n) is 2.00. The van der Waals surface area contributed by atoms with Crippen LogP contribution < -0.4 is 0 Å². The zero-order valence-corrected chi connectivity index (χ0v) is 14.4. The number of phenols is 2. The molecule has 0 saturated heterocycles. The topological polar surface area (TPSA) is 109 Å².